The number of hydrogen-bond acceptors (Lipinski definition) is 4. The average Bonchev–Trinajstić information content (AvgIpc) is 2.62. The van der Waals surface area contributed by atoms with Gasteiger partial charge < -0.3 is 15.5 Å². The van der Waals surface area contributed by atoms with Crippen molar-refractivity contribution in [3.05, 3.63) is 0 Å². The zero-order valence-corrected chi connectivity index (χ0v) is 10.4. The van der Waals surface area contributed by atoms with Gasteiger partial charge in [0.25, 0.3) is 5.91 Å². The second-order valence-corrected chi connectivity index (χ2v) is 4.65. The number of urea groups is 1. The fourth-order valence-corrected chi connectivity index (χ4v) is 2.36. The molecule has 1 spiro atoms. The second-order valence-electron chi connectivity index (χ2n) is 4.65. The fourth-order valence-electron chi connectivity index (χ4n) is 2.36. The number of carbonyl (C=O) groups excluding carboxylic acids is 3. The molecule has 7 heteroatoms. The Balaban J connectivity index is 1.90. The lowest BCUT2D eigenvalue weighted by Crippen LogP contribution is -2.56. The van der Waals surface area contributed by atoms with Gasteiger partial charge in [0, 0.05) is 13.1 Å². The van der Waals surface area contributed by atoms with Crippen LogP contribution in [0.5, 0.6) is 0 Å². The lowest BCUT2D eigenvalue weighted by Gasteiger charge is -2.37. The summed E-state index contributed by atoms with van der Waals surface area (Å²) in [4.78, 5) is 36.4. The minimum atomic E-state index is -0.800. The summed E-state index contributed by atoms with van der Waals surface area (Å²) >= 11 is 0. The fraction of sp³-hybridized carbons (Fsp3) is 0.727. The van der Waals surface area contributed by atoms with Gasteiger partial charge in [-0.1, -0.05) is 6.92 Å². The van der Waals surface area contributed by atoms with E-state index >= 15 is 0 Å². The predicted octanol–water partition coefficient (Wildman–Crippen LogP) is -1.20. The number of imide groups is 1. The van der Waals surface area contributed by atoms with Gasteiger partial charge >= 0.3 is 6.03 Å². The van der Waals surface area contributed by atoms with Gasteiger partial charge in [0.2, 0.25) is 5.91 Å². The molecule has 3 N–H and O–H groups in total. The Labute approximate surface area is 105 Å². The Morgan fingerprint density at radius 3 is 2.56 bits per heavy atom. The van der Waals surface area contributed by atoms with Gasteiger partial charge in [0.1, 0.15) is 5.54 Å². The monoisotopic (exact) mass is 254 g/mol. The third kappa shape index (κ3) is 2.31. The molecule has 0 aromatic heterocycles. The van der Waals surface area contributed by atoms with Crippen LogP contribution in [0.25, 0.3) is 0 Å². The third-order valence-corrected chi connectivity index (χ3v) is 3.51. The van der Waals surface area contributed by atoms with Crippen LogP contribution in [0.15, 0.2) is 0 Å². The molecule has 0 atom stereocenters. The van der Waals surface area contributed by atoms with E-state index in [9.17, 15) is 14.4 Å². The number of likely N-dealkylation sites (N-methyl/N-ethyl adjacent to an activating group) is 1. The molecule has 0 aliphatic carbocycles. The molecule has 0 radical (unpaired) electrons. The Morgan fingerprint density at radius 2 is 2.06 bits per heavy atom. The summed E-state index contributed by atoms with van der Waals surface area (Å²) in [6.45, 7) is 4.01. The zero-order chi connectivity index (χ0) is 13.2. The summed E-state index contributed by atoms with van der Waals surface area (Å²) in [5, 5.41) is 7.90. The summed E-state index contributed by atoms with van der Waals surface area (Å²) in [5.74, 6) is -0.234. The minimum Gasteiger partial charge on any atom is -0.341 e. The number of piperidine rings is 1. The van der Waals surface area contributed by atoms with Crippen LogP contribution in [-0.4, -0.2) is 54.5 Å². The Hall–Kier alpha value is -1.63. The SMILES string of the molecule is CCNCC(=O)N1CCC2(CC1)NC(=O)NC2=O. The number of hydrogen-bond donors (Lipinski definition) is 3. The molecule has 0 aromatic carbocycles. The van der Waals surface area contributed by atoms with Crippen molar-refractivity contribution in [3.63, 3.8) is 0 Å². The van der Waals surface area contributed by atoms with Crippen molar-refractivity contribution < 1.29 is 14.4 Å². The number of nitrogens with zero attached hydrogens (tertiary/aromatic N) is 1. The molecule has 2 aliphatic heterocycles. The molecule has 2 aliphatic rings. The standard InChI is InChI=1S/C11H18N4O3/c1-2-12-7-8(16)15-5-3-11(4-6-15)9(17)13-10(18)14-11/h12H,2-7H2,1H3,(H2,13,14,17,18). The van der Waals surface area contributed by atoms with Crippen LogP contribution < -0.4 is 16.0 Å². The maximum atomic E-state index is 11.8. The van der Waals surface area contributed by atoms with E-state index in [2.05, 4.69) is 16.0 Å². The first kappa shape index (κ1) is 12.8. The van der Waals surface area contributed by atoms with Gasteiger partial charge in [-0.15, -0.1) is 0 Å². The predicted molar refractivity (Wildman–Crippen MR) is 63.8 cm³/mol. The highest BCUT2D eigenvalue weighted by atomic mass is 16.2. The van der Waals surface area contributed by atoms with Crippen LogP contribution in [0.3, 0.4) is 0 Å². The average molecular weight is 254 g/mol. The summed E-state index contributed by atoms with van der Waals surface area (Å²) in [6.07, 6.45) is 0.949. The van der Waals surface area contributed by atoms with E-state index in [-0.39, 0.29) is 11.8 Å². The van der Waals surface area contributed by atoms with E-state index in [0.717, 1.165) is 6.54 Å². The van der Waals surface area contributed by atoms with Crippen LogP contribution in [0.4, 0.5) is 4.79 Å². The molecule has 2 heterocycles. The van der Waals surface area contributed by atoms with Gasteiger partial charge in [-0.3, -0.25) is 14.9 Å². The summed E-state index contributed by atoms with van der Waals surface area (Å²) in [5.41, 5.74) is -0.800. The van der Waals surface area contributed by atoms with Crippen molar-refractivity contribution in [1.29, 1.82) is 0 Å². The molecule has 0 unspecified atom stereocenters. The van der Waals surface area contributed by atoms with E-state index in [1.165, 1.54) is 0 Å². The third-order valence-electron chi connectivity index (χ3n) is 3.51. The summed E-state index contributed by atoms with van der Waals surface area (Å²) < 4.78 is 0. The largest absolute Gasteiger partial charge is 0.341 e. The Kier molecular flexibility index (Phi) is 3.51. The van der Waals surface area contributed by atoms with Crippen molar-refractivity contribution in [1.82, 2.24) is 20.9 Å². The van der Waals surface area contributed by atoms with E-state index < -0.39 is 11.6 Å². The number of nitrogens with one attached hydrogen (secondary N) is 3. The lowest BCUT2D eigenvalue weighted by atomic mass is 9.88. The quantitative estimate of drug-likeness (QED) is 0.552. The second kappa shape index (κ2) is 4.93. The van der Waals surface area contributed by atoms with E-state index in [1.54, 1.807) is 4.90 Å². The van der Waals surface area contributed by atoms with E-state index in [1.807, 2.05) is 6.92 Å². The normalized spacial score (nSPS) is 21.9. The summed E-state index contributed by atoms with van der Waals surface area (Å²) in [7, 11) is 0. The molecular weight excluding hydrogens is 236 g/mol. The molecule has 2 rings (SSSR count). The highest BCUT2D eigenvalue weighted by Crippen LogP contribution is 2.25. The number of amides is 4. The first-order valence-electron chi connectivity index (χ1n) is 6.19. The molecular formula is C11H18N4O3. The smallest absolute Gasteiger partial charge is 0.322 e. The molecule has 7 nitrogen and oxygen atoms in total. The number of rotatable bonds is 3. The number of likely N-dealkylation sites (tertiary alicyclic amines) is 1. The van der Waals surface area contributed by atoms with Crippen LogP contribution in [0, 0.1) is 0 Å². The van der Waals surface area contributed by atoms with E-state index in [4.69, 9.17) is 0 Å². The van der Waals surface area contributed by atoms with Gasteiger partial charge in [0.05, 0.1) is 6.54 Å². The Morgan fingerprint density at radius 1 is 1.39 bits per heavy atom. The van der Waals surface area contributed by atoms with Crippen LogP contribution in [0.2, 0.25) is 0 Å². The van der Waals surface area contributed by atoms with Gasteiger partial charge in [-0.2, -0.15) is 0 Å². The molecule has 2 fully saturated rings. The Bertz CT molecular complexity index is 374. The minimum absolute atomic E-state index is 0.0384. The van der Waals surface area contributed by atoms with Crippen molar-refractivity contribution in [2.45, 2.75) is 25.3 Å². The van der Waals surface area contributed by atoms with Crippen molar-refractivity contribution in [2.75, 3.05) is 26.2 Å². The molecule has 18 heavy (non-hydrogen) atoms. The lowest BCUT2D eigenvalue weighted by molar-refractivity contribution is -0.135. The number of carbonyl (C=O) groups is 3. The van der Waals surface area contributed by atoms with Gasteiger partial charge in [0.15, 0.2) is 0 Å². The first-order chi connectivity index (χ1) is 8.57. The molecule has 100 valence electrons. The van der Waals surface area contributed by atoms with Crippen LogP contribution in [-0.2, 0) is 9.59 Å². The molecule has 0 saturated carbocycles. The molecule has 0 bridgehead atoms. The highest BCUT2D eigenvalue weighted by Gasteiger charge is 2.48. The van der Waals surface area contributed by atoms with E-state index in [0.29, 0.717) is 32.5 Å². The molecule has 4 amide bonds. The van der Waals surface area contributed by atoms with Crippen LogP contribution in [0.1, 0.15) is 19.8 Å². The van der Waals surface area contributed by atoms with Gasteiger partial charge in [-0.05, 0) is 19.4 Å². The van der Waals surface area contributed by atoms with Gasteiger partial charge in [-0.25, -0.2) is 4.79 Å². The molecule has 2 saturated heterocycles. The topological polar surface area (TPSA) is 90.5 Å². The first-order valence-corrected chi connectivity index (χ1v) is 6.19. The zero-order valence-electron chi connectivity index (χ0n) is 10.4. The maximum absolute atomic E-state index is 11.8. The summed E-state index contributed by atoms with van der Waals surface area (Å²) in [6, 6.07) is -0.438. The van der Waals surface area contributed by atoms with Crippen molar-refractivity contribution >= 4 is 17.8 Å². The molecule has 0 aromatic rings. The van der Waals surface area contributed by atoms with Crippen LogP contribution >= 0.6 is 0 Å². The highest BCUT2D eigenvalue weighted by molar-refractivity contribution is 6.07. The van der Waals surface area contributed by atoms with Crippen molar-refractivity contribution in [2.24, 2.45) is 0 Å². The van der Waals surface area contributed by atoms with Crippen molar-refractivity contribution in [3.8, 4) is 0 Å². The maximum Gasteiger partial charge on any atom is 0.322 e.